The fourth-order valence-corrected chi connectivity index (χ4v) is 16.0. The molecule has 0 N–H and O–H groups in total. The summed E-state index contributed by atoms with van der Waals surface area (Å²) in [5, 5.41) is -0.214. The van der Waals surface area contributed by atoms with Gasteiger partial charge in [0.05, 0.1) is 21.4 Å². The summed E-state index contributed by atoms with van der Waals surface area (Å²) in [7, 11) is -0.507. The highest BCUT2D eigenvalue weighted by Crippen LogP contribution is 2.73. The van der Waals surface area contributed by atoms with Crippen molar-refractivity contribution in [3.05, 3.63) is 135 Å². The van der Waals surface area contributed by atoms with Crippen LogP contribution in [0.2, 0.25) is 0 Å². The lowest BCUT2D eigenvalue weighted by molar-refractivity contribution is 0.776. The lowest BCUT2D eigenvalue weighted by atomic mass is 10.0. The van der Waals surface area contributed by atoms with Gasteiger partial charge in [-0.2, -0.15) is 0 Å². The molecule has 1 heterocycles. The van der Waals surface area contributed by atoms with E-state index < -0.39 is 12.5 Å². The van der Waals surface area contributed by atoms with E-state index in [9.17, 15) is 0 Å². The number of benzene rings is 3. The second kappa shape index (κ2) is 14.7. The summed E-state index contributed by atoms with van der Waals surface area (Å²) >= 11 is 16.2. The maximum Gasteiger partial charge on any atom is 0.127 e. The Hall–Kier alpha value is -2.77. The summed E-state index contributed by atoms with van der Waals surface area (Å²) in [6, 6.07) is 19.9. The number of nitrogens with zero attached hydrogens (tertiary/aromatic N) is 2. The molecule has 5 heteroatoms. The fraction of sp³-hybridized carbons (Fsp3) is 0.422. The average Bonchev–Trinajstić information content (AvgIpc) is 3.87. The summed E-state index contributed by atoms with van der Waals surface area (Å²) in [5.41, 5.74) is 15.1. The Morgan fingerprint density at radius 3 is 1.62 bits per heavy atom. The number of hydrogen-bond donors (Lipinski definition) is 0. The zero-order valence-electron chi connectivity index (χ0n) is 30.8. The van der Waals surface area contributed by atoms with E-state index in [0.29, 0.717) is 11.3 Å². The molecular weight excluding hydrogens is 670 g/mol. The number of allylic oxidation sites excluding steroid dienone is 4. The van der Waals surface area contributed by atoms with Crippen LogP contribution in [0.15, 0.2) is 96.1 Å². The molecule has 262 valence electrons. The molecule has 0 bridgehead atoms. The number of rotatable bonds is 7. The van der Waals surface area contributed by atoms with E-state index in [1.165, 1.54) is 113 Å². The van der Waals surface area contributed by atoms with Crippen LogP contribution in [0.5, 0.6) is 0 Å². The minimum Gasteiger partial charge on any atom is -0.301 e. The Morgan fingerprint density at radius 2 is 1.16 bits per heavy atom. The molecule has 2 nitrogen and oxygen atoms in total. The SMILES string of the molecule is Cc1cc(C)c(N2C=CN(c3c(C)cc(C)cc3C)C2=C2C(=CC=Cc3ccccc3)C(Cl)(P(C3CCCC3)C3CCCC3)CC2Cl)c(C)c1. The topological polar surface area (TPSA) is 6.48 Å². The standard InChI is InChI=1S/C45H53Cl2N2P/c1-30-25-32(3)42(33(4)26-30)48-23-24-49(43-34(5)27-31(2)28-35(43)6)44(48)41-39(22-14-17-36-15-8-7-9-16-36)45(47,29-40(41)46)50(37-18-10-11-19-37)38-20-12-13-21-38/h7-9,14-17,22-28,37-38,40H,10-13,18-21,29H2,1-6H3. The molecule has 3 saturated carbocycles. The monoisotopic (exact) mass is 722 g/mol. The van der Waals surface area contributed by atoms with E-state index in [4.69, 9.17) is 23.2 Å². The van der Waals surface area contributed by atoms with E-state index in [-0.39, 0.29) is 5.38 Å². The maximum atomic E-state index is 8.42. The van der Waals surface area contributed by atoms with Crippen molar-refractivity contribution in [2.24, 2.45) is 0 Å². The Bertz CT molecular complexity index is 1730. The molecule has 2 atom stereocenters. The molecule has 3 aromatic carbocycles. The van der Waals surface area contributed by atoms with Crippen LogP contribution in [0.3, 0.4) is 0 Å². The molecule has 1 aliphatic heterocycles. The van der Waals surface area contributed by atoms with Crippen molar-refractivity contribution >= 4 is 48.6 Å². The Kier molecular flexibility index (Phi) is 10.5. The molecule has 0 aromatic heterocycles. The van der Waals surface area contributed by atoms with Gasteiger partial charge in [0, 0.05) is 18.0 Å². The summed E-state index contributed by atoms with van der Waals surface area (Å²) in [6.45, 7) is 13.4. The summed E-state index contributed by atoms with van der Waals surface area (Å²) in [5.74, 6) is 1.13. The first kappa shape index (κ1) is 35.6. The summed E-state index contributed by atoms with van der Waals surface area (Å²) in [6.07, 6.45) is 22.7. The Balaban J connectivity index is 1.49. The van der Waals surface area contributed by atoms with Crippen LogP contribution in [0.25, 0.3) is 6.08 Å². The second-order valence-electron chi connectivity index (χ2n) is 15.3. The van der Waals surface area contributed by atoms with Gasteiger partial charge in [-0.1, -0.05) is 118 Å². The number of halogens is 2. The highest BCUT2D eigenvalue weighted by atomic mass is 35.5. The van der Waals surface area contributed by atoms with Crippen molar-refractivity contribution in [2.45, 2.75) is 121 Å². The maximum absolute atomic E-state index is 8.42. The van der Waals surface area contributed by atoms with E-state index in [2.05, 4.69) is 137 Å². The minimum atomic E-state index is -0.507. The van der Waals surface area contributed by atoms with E-state index in [1.54, 1.807) is 0 Å². The van der Waals surface area contributed by atoms with Gasteiger partial charge in [-0.3, -0.25) is 0 Å². The predicted molar refractivity (Wildman–Crippen MR) is 220 cm³/mol. The van der Waals surface area contributed by atoms with Gasteiger partial charge in [0.1, 0.15) is 5.82 Å². The quantitative estimate of drug-likeness (QED) is 0.177. The molecule has 2 unspecified atom stereocenters. The Labute approximate surface area is 312 Å². The molecule has 3 aromatic rings. The van der Waals surface area contributed by atoms with Gasteiger partial charge in [-0.15, -0.1) is 23.2 Å². The third-order valence-corrected chi connectivity index (χ3v) is 16.6. The smallest absolute Gasteiger partial charge is 0.127 e. The number of alkyl halides is 2. The molecule has 3 aliphatic carbocycles. The third kappa shape index (κ3) is 6.66. The van der Waals surface area contributed by atoms with Crippen LogP contribution >= 0.6 is 31.1 Å². The molecule has 0 radical (unpaired) electrons. The fourth-order valence-electron chi connectivity index (χ4n) is 9.72. The summed E-state index contributed by atoms with van der Waals surface area (Å²) in [4.78, 5) is 4.86. The van der Waals surface area contributed by atoms with Crippen molar-refractivity contribution in [3.8, 4) is 0 Å². The lowest BCUT2D eigenvalue weighted by Gasteiger charge is -2.42. The van der Waals surface area contributed by atoms with Gasteiger partial charge in [0.2, 0.25) is 0 Å². The van der Waals surface area contributed by atoms with Crippen molar-refractivity contribution in [3.63, 3.8) is 0 Å². The van der Waals surface area contributed by atoms with E-state index in [1.807, 2.05) is 0 Å². The first-order chi connectivity index (χ1) is 24.1. The molecule has 0 spiro atoms. The molecule has 7 rings (SSSR count). The second-order valence-corrected chi connectivity index (χ2v) is 19.8. The van der Waals surface area contributed by atoms with Crippen molar-refractivity contribution in [2.75, 3.05) is 9.80 Å². The largest absolute Gasteiger partial charge is 0.301 e. The zero-order valence-corrected chi connectivity index (χ0v) is 33.2. The molecular formula is C45H53Cl2N2P. The van der Waals surface area contributed by atoms with E-state index in [0.717, 1.165) is 12.2 Å². The van der Waals surface area contributed by atoms with E-state index >= 15 is 0 Å². The molecule has 0 saturated heterocycles. The van der Waals surface area contributed by atoms with Crippen LogP contribution in [-0.4, -0.2) is 21.3 Å². The summed E-state index contributed by atoms with van der Waals surface area (Å²) < 4.78 is -0.482. The van der Waals surface area contributed by atoms with Crippen LogP contribution in [0.1, 0.15) is 96.7 Å². The molecule has 0 amide bonds. The molecule has 3 fully saturated rings. The van der Waals surface area contributed by atoms with Gasteiger partial charge < -0.3 is 9.80 Å². The van der Waals surface area contributed by atoms with Crippen LogP contribution in [-0.2, 0) is 0 Å². The van der Waals surface area contributed by atoms with Gasteiger partial charge in [-0.05, 0) is 118 Å². The Morgan fingerprint density at radius 1 is 0.700 bits per heavy atom. The highest BCUT2D eigenvalue weighted by Gasteiger charge is 2.56. The first-order valence-corrected chi connectivity index (χ1v) is 21.1. The lowest BCUT2D eigenvalue weighted by Crippen LogP contribution is -2.30. The van der Waals surface area contributed by atoms with Gasteiger partial charge in [0.25, 0.3) is 0 Å². The average molecular weight is 724 g/mol. The van der Waals surface area contributed by atoms with Crippen molar-refractivity contribution in [1.29, 1.82) is 0 Å². The third-order valence-electron chi connectivity index (χ3n) is 11.5. The van der Waals surface area contributed by atoms with Gasteiger partial charge in [0.15, 0.2) is 0 Å². The number of aryl methyl sites for hydroxylation is 6. The number of anilines is 2. The minimum absolute atomic E-state index is 0.214. The van der Waals surface area contributed by atoms with Gasteiger partial charge in [-0.25, -0.2) is 0 Å². The van der Waals surface area contributed by atoms with Crippen molar-refractivity contribution in [1.82, 2.24) is 0 Å². The van der Waals surface area contributed by atoms with Crippen molar-refractivity contribution < 1.29 is 0 Å². The highest BCUT2D eigenvalue weighted by molar-refractivity contribution is 7.63. The van der Waals surface area contributed by atoms with Gasteiger partial charge >= 0.3 is 0 Å². The predicted octanol–water partition coefficient (Wildman–Crippen LogP) is 13.5. The molecule has 50 heavy (non-hydrogen) atoms. The number of hydrogen-bond acceptors (Lipinski definition) is 2. The normalized spacial score (nSPS) is 24.1. The first-order valence-electron chi connectivity index (χ1n) is 18.8. The zero-order chi connectivity index (χ0) is 35.2. The van der Waals surface area contributed by atoms with Crippen LogP contribution in [0.4, 0.5) is 11.4 Å². The van der Waals surface area contributed by atoms with Crippen LogP contribution in [0, 0.1) is 41.5 Å². The molecule has 4 aliphatic rings. The van der Waals surface area contributed by atoms with Crippen LogP contribution < -0.4 is 9.80 Å².